The van der Waals surface area contributed by atoms with E-state index in [9.17, 15) is 0 Å². The van der Waals surface area contributed by atoms with E-state index in [0.29, 0.717) is 5.56 Å². The Hall–Kier alpha value is -1.95. The van der Waals surface area contributed by atoms with Crippen LogP contribution in [0.1, 0.15) is 5.56 Å². The molecular formula is C9H5N3. The van der Waals surface area contributed by atoms with Crippen LogP contribution in [0.3, 0.4) is 0 Å². The molecule has 0 radical (unpaired) electrons. The van der Waals surface area contributed by atoms with Crippen LogP contribution in [0.15, 0.2) is 30.7 Å². The molecule has 2 aromatic rings. The predicted molar refractivity (Wildman–Crippen MR) is 44.3 cm³/mol. The molecular weight excluding hydrogens is 150 g/mol. The third-order valence-corrected chi connectivity index (χ3v) is 1.62. The zero-order valence-electron chi connectivity index (χ0n) is 6.23. The molecule has 0 atom stereocenters. The van der Waals surface area contributed by atoms with E-state index in [1.807, 2.05) is 12.1 Å². The smallest absolute Gasteiger partial charge is 0.101 e. The average molecular weight is 155 g/mol. The molecule has 56 valence electrons. The summed E-state index contributed by atoms with van der Waals surface area (Å²) in [5.74, 6) is 0. The molecule has 0 aliphatic carbocycles. The van der Waals surface area contributed by atoms with Gasteiger partial charge in [-0.1, -0.05) is 0 Å². The van der Waals surface area contributed by atoms with E-state index in [1.165, 1.54) is 0 Å². The summed E-state index contributed by atoms with van der Waals surface area (Å²) in [5.41, 5.74) is 1.39. The molecule has 0 saturated carbocycles. The van der Waals surface area contributed by atoms with Gasteiger partial charge in [0.25, 0.3) is 0 Å². The van der Waals surface area contributed by atoms with Gasteiger partial charge in [-0.15, -0.1) is 0 Å². The molecule has 0 saturated heterocycles. The third-order valence-electron chi connectivity index (χ3n) is 1.62. The fraction of sp³-hybridized carbons (Fsp3) is 0. The van der Waals surface area contributed by atoms with Crippen LogP contribution in [0.5, 0.6) is 0 Å². The van der Waals surface area contributed by atoms with Crippen LogP contribution in [0.2, 0.25) is 0 Å². The Kier molecular flexibility index (Phi) is 1.45. The number of nitriles is 1. The minimum atomic E-state index is 0.578. The molecule has 0 unspecified atom stereocenters. The summed E-state index contributed by atoms with van der Waals surface area (Å²) in [7, 11) is 0. The molecule has 0 aromatic carbocycles. The van der Waals surface area contributed by atoms with E-state index in [4.69, 9.17) is 5.26 Å². The molecule has 3 nitrogen and oxygen atoms in total. The fourth-order valence-corrected chi connectivity index (χ4v) is 1.03. The van der Waals surface area contributed by atoms with Crippen LogP contribution in [-0.2, 0) is 0 Å². The van der Waals surface area contributed by atoms with Crippen molar-refractivity contribution in [1.82, 2.24) is 9.97 Å². The first kappa shape index (κ1) is 6.74. The van der Waals surface area contributed by atoms with Crippen molar-refractivity contribution in [3.05, 3.63) is 36.3 Å². The second-order valence-corrected chi connectivity index (χ2v) is 2.40. The highest BCUT2D eigenvalue weighted by atomic mass is 14.7. The second-order valence-electron chi connectivity index (χ2n) is 2.40. The SMILES string of the molecule is N#Cc1cnc2cnccc2c1. The van der Waals surface area contributed by atoms with Gasteiger partial charge in [0.2, 0.25) is 0 Å². The highest BCUT2D eigenvalue weighted by Gasteiger charge is 1.94. The maximum Gasteiger partial charge on any atom is 0.101 e. The van der Waals surface area contributed by atoms with E-state index < -0.39 is 0 Å². The van der Waals surface area contributed by atoms with Gasteiger partial charge in [0.1, 0.15) is 6.07 Å². The Morgan fingerprint density at radius 1 is 1.33 bits per heavy atom. The van der Waals surface area contributed by atoms with Crippen LogP contribution in [0.25, 0.3) is 10.9 Å². The summed E-state index contributed by atoms with van der Waals surface area (Å²) in [6, 6.07) is 5.67. The van der Waals surface area contributed by atoms with Crippen molar-refractivity contribution in [2.24, 2.45) is 0 Å². The minimum absolute atomic E-state index is 0.578. The average Bonchev–Trinajstić information content (AvgIpc) is 2.17. The van der Waals surface area contributed by atoms with Gasteiger partial charge < -0.3 is 0 Å². The van der Waals surface area contributed by atoms with Gasteiger partial charge in [0.15, 0.2) is 0 Å². The Bertz CT molecular complexity index is 457. The van der Waals surface area contributed by atoms with Crippen molar-refractivity contribution < 1.29 is 0 Å². The monoisotopic (exact) mass is 155 g/mol. The number of pyridine rings is 2. The van der Waals surface area contributed by atoms with Gasteiger partial charge in [0.05, 0.1) is 17.3 Å². The Morgan fingerprint density at radius 3 is 3.08 bits per heavy atom. The Balaban J connectivity index is 2.78. The first-order chi connectivity index (χ1) is 5.90. The van der Waals surface area contributed by atoms with Gasteiger partial charge in [0, 0.05) is 17.8 Å². The molecule has 0 aliphatic heterocycles. The van der Waals surface area contributed by atoms with E-state index in [1.54, 1.807) is 24.7 Å². The molecule has 0 amide bonds. The zero-order chi connectivity index (χ0) is 8.39. The first-order valence-electron chi connectivity index (χ1n) is 3.50. The van der Waals surface area contributed by atoms with Crippen molar-refractivity contribution in [3.63, 3.8) is 0 Å². The zero-order valence-corrected chi connectivity index (χ0v) is 6.23. The Morgan fingerprint density at radius 2 is 2.25 bits per heavy atom. The molecule has 0 bridgehead atoms. The van der Waals surface area contributed by atoms with E-state index in [0.717, 1.165) is 10.9 Å². The van der Waals surface area contributed by atoms with Gasteiger partial charge in [-0.25, -0.2) is 0 Å². The number of hydrogen-bond donors (Lipinski definition) is 0. The predicted octanol–water partition coefficient (Wildman–Crippen LogP) is 1.50. The van der Waals surface area contributed by atoms with E-state index >= 15 is 0 Å². The van der Waals surface area contributed by atoms with Crippen LogP contribution in [0.4, 0.5) is 0 Å². The topological polar surface area (TPSA) is 49.6 Å². The summed E-state index contributed by atoms with van der Waals surface area (Å²) in [4.78, 5) is 7.99. The highest BCUT2D eigenvalue weighted by molar-refractivity contribution is 5.78. The van der Waals surface area contributed by atoms with Gasteiger partial charge in [-0.05, 0) is 12.1 Å². The maximum atomic E-state index is 8.59. The molecule has 2 aromatic heterocycles. The highest BCUT2D eigenvalue weighted by Crippen LogP contribution is 2.09. The lowest BCUT2D eigenvalue weighted by atomic mass is 10.2. The quantitative estimate of drug-likeness (QED) is 0.579. The van der Waals surface area contributed by atoms with Crippen LogP contribution < -0.4 is 0 Å². The second kappa shape index (κ2) is 2.59. The van der Waals surface area contributed by atoms with E-state index in [-0.39, 0.29) is 0 Å². The molecule has 0 aliphatic rings. The van der Waals surface area contributed by atoms with Crippen molar-refractivity contribution in [2.45, 2.75) is 0 Å². The van der Waals surface area contributed by atoms with Gasteiger partial charge >= 0.3 is 0 Å². The number of aromatic nitrogens is 2. The van der Waals surface area contributed by atoms with Crippen LogP contribution in [-0.4, -0.2) is 9.97 Å². The van der Waals surface area contributed by atoms with Gasteiger partial charge in [-0.3, -0.25) is 9.97 Å². The summed E-state index contributed by atoms with van der Waals surface area (Å²) < 4.78 is 0. The minimum Gasteiger partial charge on any atom is -0.262 e. The van der Waals surface area contributed by atoms with Crippen LogP contribution >= 0.6 is 0 Å². The largest absolute Gasteiger partial charge is 0.262 e. The van der Waals surface area contributed by atoms with Crippen LogP contribution in [0, 0.1) is 11.3 Å². The Labute approximate surface area is 69.3 Å². The summed E-state index contributed by atoms with van der Waals surface area (Å²) >= 11 is 0. The summed E-state index contributed by atoms with van der Waals surface area (Å²) in [6.07, 6.45) is 4.91. The first-order valence-corrected chi connectivity index (χ1v) is 3.50. The lowest BCUT2D eigenvalue weighted by molar-refractivity contribution is 1.30. The number of hydrogen-bond acceptors (Lipinski definition) is 3. The third kappa shape index (κ3) is 0.995. The lowest BCUT2D eigenvalue weighted by Crippen LogP contribution is -1.82. The molecule has 0 spiro atoms. The van der Waals surface area contributed by atoms with Crippen molar-refractivity contribution in [3.8, 4) is 6.07 Å². The van der Waals surface area contributed by atoms with Crippen molar-refractivity contribution in [1.29, 1.82) is 5.26 Å². The van der Waals surface area contributed by atoms with Crippen molar-refractivity contribution in [2.75, 3.05) is 0 Å². The van der Waals surface area contributed by atoms with E-state index in [2.05, 4.69) is 9.97 Å². The normalized spacial score (nSPS) is 9.58. The molecule has 0 fully saturated rings. The molecule has 3 heteroatoms. The lowest BCUT2D eigenvalue weighted by Gasteiger charge is -1.94. The summed E-state index contributed by atoms with van der Waals surface area (Å²) in [5, 5.41) is 9.54. The maximum absolute atomic E-state index is 8.59. The number of rotatable bonds is 0. The molecule has 2 rings (SSSR count). The van der Waals surface area contributed by atoms with Crippen molar-refractivity contribution >= 4 is 10.9 Å². The standard InChI is InChI=1S/C9H5N3/c10-4-7-3-8-1-2-11-6-9(8)12-5-7/h1-3,5-6H. The fourth-order valence-electron chi connectivity index (χ4n) is 1.03. The summed E-state index contributed by atoms with van der Waals surface area (Å²) in [6.45, 7) is 0. The number of fused-ring (bicyclic) bond motifs is 1. The molecule has 2 heterocycles. The molecule has 0 N–H and O–H groups in total. The van der Waals surface area contributed by atoms with Gasteiger partial charge in [-0.2, -0.15) is 5.26 Å². The molecule has 12 heavy (non-hydrogen) atoms. The number of nitrogens with zero attached hydrogens (tertiary/aromatic N) is 3.